The predicted octanol–water partition coefficient (Wildman–Crippen LogP) is 3.99. The van der Waals surface area contributed by atoms with E-state index in [0.717, 1.165) is 22.8 Å². The lowest BCUT2D eigenvalue weighted by atomic mass is 9.98. The molecule has 0 radical (unpaired) electrons. The molecule has 0 aliphatic rings. The van der Waals surface area contributed by atoms with Gasteiger partial charge >= 0.3 is 0 Å². The third kappa shape index (κ3) is 3.75. The largest absolute Gasteiger partial charge is 0.337 e. The van der Waals surface area contributed by atoms with Gasteiger partial charge < -0.3 is 10.3 Å². The highest BCUT2D eigenvalue weighted by molar-refractivity contribution is 7.98. The van der Waals surface area contributed by atoms with Gasteiger partial charge in [-0.05, 0) is 25.5 Å². The molecule has 1 atom stereocenters. The maximum Gasteiger partial charge on any atom is 0.246 e. The second-order valence-corrected chi connectivity index (χ2v) is 6.33. The monoisotopic (exact) mass is 311 g/mol. The van der Waals surface area contributed by atoms with Gasteiger partial charge in [0.25, 0.3) is 0 Å². The summed E-state index contributed by atoms with van der Waals surface area (Å²) >= 11 is 7.68. The molecule has 0 amide bonds. The summed E-state index contributed by atoms with van der Waals surface area (Å²) < 4.78 is 5.27. The molecule has 0 aliphatic carbocycles. The fraction of sp³-hybridized carbons (Fsp3) is 0.429. The summed E-state index contributed by atoms with van der Waals surface area (Å²) in [6.07, 6.45) is 1.78. The summed E-state index contributed by atoms with van der Waals surface area (Å²) in [6.45, 7) is 3.99. The third-order valence-corrected chi connectivity index (χ3v) is 4.43. The molecule has 2 rings (SSSR count). The number of hydrogen-bond donors (Lipinski definition) is 1. The molecule has 0 fully saturated rings. The molecule has 0 saturated heterocycles. The van der Waals surface area contributed by atoms with Crippen molar-refractivity contribution in [2.24, 2.45) is 5.73 Å². The van der Waals surface area contributed by atoms with E-state index in [2.05, 4.69) is 17.1 Å². The van der Waals surface area contributed by atoms with Crippen molar-refractivity contribution >= 4 is 23.4 Å². The number of aromatic nitrogens is 2. The zero-order valence-electron chi connectivity index (χ0n) is 11.6. The van der Waals surface area contributed by atoms with Crippen molar-refractivity contribution in [3.63, 3.8) is 0 Å². The van der Waals surface area contributed by atoms with Gasteiger partial charge in [0.1, 0.15) is 0 Å². The summed E-state index contributed by atoms with van der Waals surface area (Å²) in [5, 5.41) is 4.71. The fourth-order valence-electron chi connectivity index (χ4n) is 1.87. The van der Waals surface area contributed by atoms with Gasteiger partial charge in [-0.1, -0.05) is 42.2 Å². The quantitative estimate of drug-likeness (QED) is 0.817. The first kappa shape index (κ1) is 15.4. The molecular weight excluding hydrogens is 294 g/mol. The Hall–Kier alpha value is -1.04. The van der Waals surface area contributed by atoms with Crippen LogP contribution >= 0.6 is 23.4 Å². The molecule has 0 aliphatic heterocycles. The third-order valence-electron chi connectivity index (χ3n) is 2.92. The summed E-state index contributed by atoms with van der Waals surface area (Å²) in [5.41, 5.74) is 5.61. The lowest BCUT2D eigenvalue weighted by Crippen LogP contribution is -2.33. The van der Waals surface area contributed by atoms with Crippen LogP contribution in [0.4, 0.5) is 0 Å². The SMILES string of the molecule is CCCC(C)(N)c1nc(CSc2ccccc2Cl)no1. The molecule has 0 bridgehead atoms. The minimum Gasteiger partial charge on any atom is -0.337 e. The predicted molar refractivity (Wildman–Crippen MR) is 81.8 cm³/mol. The molecule has 0 spiro atoms. The van der Waals surface area contributed by atoms with Crippen molar-refractivity contribution in [1.82, 2.24) is 10.1 Å². The van der Waals surface area contributed by atoms with Crippen molar-refractivity contribution < 1.29 is 4.52 Å². The molecular formula is C14H18ClN3OS. The van der Waals surface area contributed by atoms with Crippen molar-refractivity contribution in [2.45, 2.75) is 42.9 Å². The number of thioether (sulfide) groups is 1. The summed E-state index contributed by atoms with van der Waals surface area (Å²) in [5.74, 6) is 1.74. The van der Waals surface area contributed by atoms with Crippen LogP contribution in [0.25, 0.3) is 0 Å². The van der Waals surface area contributed by atoms with E-state index in [1.165, 1.54) is 0 Å². The van der Waals surface area contributed by atoms with Crippen LogP contribution in [-0.2, 0) is 11.3 Å². The van der Waals surface area contributed by atoms with Crippen LogP contribution in [0.1, 0.15) is 38.4 Å². The van der Waals surface area contributed by atoms with Gasteiger partial charge in [-0.3, -0.25) is 0 Å². The van der Waals surface area contributed by atoms with E-state index in [1.807, 2.05) is 31.2 Å². The second-order valence-electron chi connectivity index (χ2n) is 4.90. The summed E-state index contributed by atoms with van der Waals surface area (Å²) in [4.78, 5) is 5.38. The number of halogens is 1. The Labute approximate surface area is 128 Å². The molecule has 20 heavy (non-hydrogen) atoms. The van der Waals surface area contributed by atoms with Crippen LogP contribution in [0.3, 0.4) is 0 Å². The van der Waals surface area contributed by atoms with Gasteiger partial charge in [0.15, 0.2) is 5.82 Å². The maximum absolute atomic E-state index is 6.17. The lowest BCUT2D eigenvalue weighted by Gasteiger charge is -2.18. The minimum atomic E-state index is -0.560. The average molecular weight is 312 g/mol. The van der Waals surface area contributed by atoms with E-state index >= 15 is 0 Å². The first-order valence-electron chi connectivity index (χ1n) is 6.52. The van der Waals surface area contributed by atoms with Crippen LogP contribution in [0.5, 0.6) is 0 Å². The van der Waals surface area contributed by atoms with E-state index in [9.17, 15) is 0 Å². The Bertz CT molecular complexity index is 571. The van der Waals surface area contributed by atoms with Crippen LogP contribution in [0, 0.1) is 0 Å². The molecule has 1 heterocycles. The van der Waals surface area contributed by atoms with Crippen LogP contribution in [0.2, 0.25) is 5.02 Å². The van der Waals surface area contributed by atoms with Crippen molar-refractivity contribution in [2.75, 3.05) is 0 Å². The van der Waals surface area contributed by atoms with Crippen LogP contribution < -0.4 is 5.73 Å². The van der Waals surface area contributed by atoms with E-state index < -0.39 is 5.54 Å². The molecule has 6 heteroatoms. The Morgan fingerprint density at radius 2 is 2.15 bits per heavy atom. The maximum atomic E-state index is 6.17. The lowest BCUT2D eigenvalue weighted by molar-refractivity contribution is 0.282. The van der Waals surface area contributed by atoms with Gasteiger partial charge in [-0.2, -0.15) is 4.98 Å². The minimum absolute atomic E-state index is 0.495. The second kappa shape index (κ2) is 6.61. The van der Waals surface area contributed by atoms with Gasteiger partial charge in [-0.15, -0.1) is 11.8 Å². The molecule has 1 unspecified atom stereocenters. The molecule has 1 aromatic heterocycles. The standard InChI is InChI=1S/C14H18ClN3OS/c1-3-8-14(2,16)13-17-12(18-19-13)9-20-11-7-5-4-6-10(11)15/h4-7H,3,8-9,16H2,1-2H3. The fourth-order valence-corrected chi connectivity index (χ4v) is 2.96. The zero-order valence-corrected chi connectivity index (χ0v) is 13.2. The highest BCUT2D eigenvalue weighted by Crippen LogP contribution is 2.29. The smallest absolute Gasteiger partial charge is 0.246 e. The highest BCUT2D eigenvalue weighted by Gasteiger charge is 2.27. The van der Waals surface area contributed by atoms with Crippen molar-refractivity contribution in [1.29, 1.82) is 0 Å². The molecule has 1 aromatic carbocycles. The topological polar surface area (TPSA) is 64.9 Å². The van der Waals surface area contributed by atoms with Crippen LogP contribution in [-0.4, -0.2) is 10.1 Å². The van der Waals surface area contributed by atoms with Crippen molar-refractivity contribution in [3.05, 3.63) is 41.0 Å². The molecule has 4 nitrogen and oxygen atoms in total. The van der Waals surface area contributed by atoms with Gasteiger partial charge in [0.05, 0.1) is 16.3 Å². The van der Waals surface area contributed by atoms with E-state index in [1.54, 1.807) is 11.8 Å². The Balaban J connectivity index is 2.02. The summed E-state index contributed by atoms with van der Waals surface area (Å²) in [7, 11) is 0. The normalized spacial score (nSPS) is 14.2. The van der Waals surface area contributed by atoms with E-state index in [4.69, 9.17) is 21.9 Å². The number of rotatable bonds is 6. The number of hydrogen-bond acceptors (Lipinski definition) is 5. The molecule has 2 aromatic rings. The van der Waals surface area contributed by atoms with E-state index in [0.29, 0.717) is 17.5 Å². The van der Waals surface area contributed by atoms with Crippen LogP contribution in [0.15, 0.2) is 33.7 Å². The summed E-state index contributed by atoms with van der Waals surface area (Å²) in [6, 6.07) is 7.69. The van der Waals surface area contributed by atoms with Gasteiger partial charge in [0.2, 0.25) is 5.89 Å². The van der Waals surface area contributed by atoms with E-state index in [-0.39, 0.29) is 0 Å². The molecule has 108 valence electrons. The van der Waals surface area contributed by atoms with Gasteiger partial charge in [-0.25, -0.2) is 0 Å². The number of nitrogens with two attached hydrogens (primary N) is 1. The zero-order chi connectivity index (χ0) is 14.6. The Kier molecular flexibility index (Phi) is 5.07. The number of nitrogens with zero attached hydrogens (tertiary/aromatic N) is 2. The van der Waals surface area contributed by atoms with Crippen molar-refractivity contribution in [3.8, 4) is 0 Å². The highest BCUT2D eigenvalue weighted by atomic mass is 35.5. The van der Waals surface area contributed by atoms with Gasteiger partial charge in [0, 0.05) is 4.90 Å². The molecule has 2 N–H and O–H groups in total. The first-order valence-corrected chi connectivity index (χ1v) is 7.88. The average Bonchev–Trinajstić information content (AvgIpc) is 2.87. The Morgan fingerprint density at radius 1 is 1.40 bits per heavy atom. The Morgan fingerprint density at radius 3 is 2.85 bits per heavy atom. The first-order chi connectivity index (χ1) is 9.53. The number of benzene rings is 1. The molecule has 0 saturated carbocycles.